The van der Waals surface area contributed by atoms with E-state index in [1.165, 1.54) is 6.26 Å². The Morgan fingerprint density at radius 1 is 1.29 bits per heavy atom. The molecule has 1 atom stereocenters. The van der Waals surface area contributed by atoms with Crippen LogP contribution in [0, 0.1) is 0 Å². The van der Waals surface area contributed by atoms with Crippen LogP contribution in [0.4, 0.5) is 5.69 Å². The maximum absolute atomic E-state index is 12.0. The Bertz CT molecular complexity index is 710. The number of nitrogens with zero attached hydrogens (tertiary/aromatic N) is 1. The lowest BCUT2D eigenvalue weighted by atomic mass is 10.1. The van der Waals surface area contributed by atoms with E-state index in [0.29, 0.717) is 24.6 Å². The molecule has 0 unspecified atom stereocenters. The molecule has 1 aliphatic rings. The molecule has 112 valence electrons. The molecule has 1 aliphatic heterocycles. The van der Waals surface area contributed by atoms with Gasteiger partial charge >= 0.3 is 0 Å². The molecule has 0 N–H and O–H groups in total. The number of ether oxygens (including phenoxy) is 1. The van der Waals surface area contributed by atoms with Gasteiger partial charge in [-0.05, 0) is 34.5 Å². The molecule has 0 amide bonds. The van der Waals surface area contributed by atoms with Crippen LogP contribution in [0.25, 0.3) is 0 Å². The molecule has 6 heteroatoms. The third-order valence-electron chi connectivity index (χ3n) is 3.59. The first-order chi connectivity index (χ1) is 10.1. The van der Waals surface area contributed by atoms with Gasteiger partial charge in [-0.25, -0.2) is 8.42 Å². The summed E-state index contributed by atoms with van der Waals surface area (Å²) < 4.78 is 29.7. The van der Waals surface area contributed by atoms with E-state index in [-0.39, 0.29) is 6.10 Å². The van der Waals surface area contributed by atoms with Crippen molar-refractivity contribution in [1.29, 1.82) is 0 Å². The maximum Gasteiger partial charge on any atom is 0.177 e. The summed E-state index contributed by atoms with van der Waals surface area (Å²) >= 11 is 1.64. The molecule has 1 aromatic carbocycles. The Morgan fingerprint density at radius 3 is 2.81 bits per heavy atom. The van der Waals surface area contributed by atoms with Crippen LogP contribution in [0.5, 0.6) is 0 Å². The molecule has 1 saturated heterocycles. The van der Waals surface area contributed by atoms with E-state index in [9.17, 15) is 8.42 Å². The van der Waals surface area contributed by atoms with Gasteiger partial charge in [-0.3, -0.25) is 0 Å². The second-order valence-corrected chi connectivity index (χ2v) is 7.87. The van der Waals surface area contributed by atoms with Crippen LogP contribution in [0.2, 0.25) is 0 Å². The summed E-state index contributed by atoms with van der Waals surface area (Å²) in [7, 11) is -3.23. The van der Waals surface area contributed by atoms with Crippen LogP contribution in [0.1, 0.15) is 11.7 Å². The summed E-state index contributed by atoms with van der Waals surface area (Å²) in [4.78, 5) is 2.48. The van der Waals surface area contributed by atoms with E-state index in [0.717, 1.165) is 11.3 Å². The first kappa shape index (κ1) is 14.6. The van der Waals surface area contributed by atoms with Crippen LogP contribution >= 0.6 is 11.3 Å². The van der Waals surface area contributed by atoms with Crippen LogP contribution in [-0.4, -0.2) is 34.4 Å². The minimum absolute atomic E-state index is 0.00221. The topological polar surface area (TPSA) is 46.6 Å². The molecule has 0 aliphatic carbocycles. The standard InChI is InChI=1S/C15H17NO3S2/c1-21(17,18)15-5-3-2-4-13(15)16-7-8-19-14(10-16)12-6-9-20-11-12/h2-6,9,11,14H,7-8,10H2,1H3/t14-/m1/s1. The Labute approximate surface area is 128 Å². The quantitative estimate of drug-likeness (QED) is 0.871. The second kappa shape index (κ2) is 5.79. The molecule has 2 aromatic rings. The van der Waals surface area contributed by atoms with E-state index in [4.69, 9.17) is 4.74 Å². The average Bonchev–Trinajstić information content (AvgIpc) is 3.01. The van der Waals surface area contributed by atoms with Gasteiger partial charge in [0.2, 0.25) is 0 Å². The van der Waals surface area contributed by atoms with Gasteiger partial charge in [0.15, 0.2) is 9.84 Å². The number of thiophene rings is 1. The van der Waals surface area contributed by atoms with Gasteiger partial charge in [-0.15, -0.1) is 0 Å². The maximum atomic E-state index is 12.0. The largest absolute Gasteiger partial charge is 0.370 e. The van der Waals surface area contributed by atoms with E-state index < -0.39 is 9.84 Å². The fourth-order valence-electron chi connectivity index (χ4n) is 2.56. The summed E-state index contributed by atoms with van der Waals surface area (Å²) in [6.45, 7) is 1.97. The van der Waals surface area contributed by atoms with Crippen molar-refractivity contribution in [3.05, 3.63) is 46.7 Å². The molecule has 4 nitrogen and oxygen atoms in total. The number of benzene rings is 1. The average molecular weight is 323 g/mol. The number of sulfone groups is 1. The van der Waals surface area contributed by atoms with Gasteiger partial charge in [0.25, 0.3) is 0 Å². The van der Waals surface area contributed by atoms with Gasteiger partial charge in [0, 0.05) is 19.3 Å². The summed E-state index contributed by atoms with van der Waals surface area (Å²) in [5.41, 5.74) is 1.92. The molecular weight excluding hydrogens is 306 g/mol. The summed E-state index contributed by atoms with van der Waals surface area (Å²) in [5, 5.41) is 4.11. The van der Waals surface area contributed by atoms with Crippen LogP contribution < -0.4 is 4.90 Å². The minimum Gasteiger partial charge on any atom is -0.370 e. The highest BCUT2D eigenvalue weighted by Crippen LogP contribution is 2.31. The molecule has 0 spiro atoms. The van der Waals surface area contributed by atoms with Crippen molar-refractivity contribution in [2.45, 2.75) is 11.0 Å². The minimum atomic E-state index is -3.23. The number of hydrogen-bond acceptors (Lipinski definition) is 5. The van der Waals surface area contributed by atoms with Crippen LogP contribution in [-0.2, 0) is 14.6 Å². The number of morpholine rings is 1. The second-order valence-electron chi connectivity index (χ2n) is 5.10. The number of hydrogen-bond donors (Lipinski definition) is 0. The molecule has 21 heavy (non-hydrogen) atoms. The smallest absolute Gasteiger partial charge is 0.177 e. The van der Waals surface area contributed by atoms with E-state index in [2.05, 4.69) is 16.3 Å². The first-order valence-electron chi connectivity index (χ1n) is 6.73. The van der Waals surface area contributed by atoms with Gasteiger partial charge in [-0.2, -0.15) is 11.3 Å². The van der Waals surface area contributed by atoms with Crippen molar-refractivity contribution in [3.63, 3.8) is 0 Å². The van der Waals surface area contributed by atoms with Crippen LogP contribution in [0.3, 0.4) is 0 Å². The highest BCUT2D eigenvalue weighted by molar-refractivity contribution is 7.90. The lowest BCUT2D eigenvalue weighted by Crippen LogP contribution is -2.38. The van der Waals surface area contributed by atoms with Gasteiger partial charge < -0.3 is 9.64 Å². The van der Waals surface area contributed by atoms with Crippen molar-refractivity contribution in [3.8, 4) is 0 Å². The molecule has 3 rings (SSSR count). The predicted octanol–water partition coefficient (Wildman–Crippen LogP) is 2.73. The highest BCUT2D eigenvalue weighted by Gasteiger charge is 2.25. The van der Waals surface area contributed by atoms with E-state index in [1.807, 2.05) is 17.5 Å². The molecule has 1 fully saturated rings. The summed E-state index contributed by atoms with van der Waals surface area (Å²) in [6.07, 6.45) is 1.25. The van der Waals surface area contributed by atoms with E-state index in [1.54, 1.807) is 23.5 Å². The van der Waals surface area contributed by atoms with Gasteiger partial charge in [0.05, 0.1) is 17.2 Å². The molecule has 0 saturated carbocycles. The Kier molecular flexibility index (Phi) is 4.01. The number of para-hydroxylation sites is 1. The third kappa shape index (κ3) is 3.12. The predicted molar refractivity (Wildman–Crippen MR) is 84.8 cm³/mol. The molecule has 2 heterocycles. The monoisotopic (exact) mass is 323 g/mol. The van der Waals surface area contributed by atoms with Crippen molar-refractivity contribution >= 4 is 26.9 Å². The molecule has 0 radical (unpaired) electrons. The Balaban J connectivity index is 1.91. The molecule has 0 bridgehead atoms. The number of rotatable bonds is 3. The van der Waals surface area contributed by atoms with Crippen molar-refractivity contribution < 1.29 is 13.2 Å². The Hall–Kier alpha value is -1.37. The first-order valence-corrected chi connectivity index (χ1v) is 9.57. The van der Waals surface area contributed by atoms with Gasteiger partial charge in [-0.1, -0.05) is 12.1 Å². The number of anilines is 1. The zero-order valence-electron chi connectivity index (χ0n) is 11.7. The van der Waals surface area contributed by atoms with Crippen molar-refractivity contribution in [1.82, 2.24) is 0 Å². The highest BCUT2D eigenvalue weighted by atomic mass is 32.2. The fourth-order valence-corrected chi connectivity index (χ4v) is 4.16. The lowest BCUT2D eigenvalue weighted by molar-refractivity contribution is 0.0399. The molecule has 1 aromatic heterocycles. The SMILES string of the molecule is CS(=O)(=O)c1ccccc1N1CCO[C@@H](c2ccsc2)C1. The molecular formula is C15H17NO3S2. The zero-order chi connectivity index (χ0) is 14.9. The van der Waals surface area contributed by atoms with Crippen molar-refractivity contribution in [2.75, 3.05) is 30.9 Å². The fraction of sp³-hybridized carbons (Fsp3) is 0.333. The lowest BCUT2D eigenvalue weighted by Gasteiger charge is -2.35. The summed E-state index contributed by atoms with van der Waals surface area (Å²) in [6, 6.07) is 9.23. The zero-order valence-corrected chi connectivity index (χ0v) is 13.4. The van der Waals surface area contributed by atoms with E-state index >= 15 is 0 Å². The summed E-state index contributed by atoms with van der Waals surface area (Å²) in [5.74, 6) is 0. The van der Waals surface area contributed by atoms with Gasteiger partial charge in [0.1, 0.15) is 6.10 Å². The van der Waals surface area contributed by atoms with Crippen molar-refractivity contribution in [2.24, 2.45) is 0 Å². The van der Waals surface area contributed by atoms with Crippen LogP contribution in [0.15, 0.2) is 46.0 Å². The Morgan fingerprint density at radius 2 is 2.10 bits per heavy atom. The normalized spacial score (nSPS) is 19.7. The third-order valence-corrected chi connectivity index (χ3v) is 5.43.